The molecule has 2 amide bonds. The molecule has 0 aromatic heterocycles. The number of hydrogen-bond donors (Lipinski definition) is 3. The third-order valence-corrected chi connectivity index (χ3v) is 2.84. The van der Waals surface area contributed by atoms with Gasteiger partial charge in [-0.15, -0.1) is 0 Å². The van der Waals surface area contributed by atoms with Gasteiger partial charge in [0.15, 0.2) is 0 Å². The summed E-state index contributed by atoms with van der Waals surface area (Å²) in [7, 11) is 0. The molecule has 0 spiro atoms. The van der Waals surface area contributed by atoms with Crippen LogP contribution in [0.5, 0.6) is 0 Å². The predicted molar refractivity (Wildman–Crippen MR) is 77.6 cm³/mol. The van der Waals surface area contributed by atoms with Crippen LogP contribution in [0.1, 0.15) is 0 Å². The molecule has 0 atom stereocenters. The first-order valence-electron chi connectivity index (χ1n) is 4.62. The summed E-state index contributed by atoms with van der Waals surface area (Å²) in [6, 6.07) is 7.14. The van der Waals surface area contributed by atoms with E-state index in [1.807, 2.05) is 12.1 Å². The van der Waals surface area contributed by atoms with E-state index in [1.54, 1.807) is 12.1 Å². The monoisotopic (exact) mass is 363 g/mol. The Morgan fingerprint density at radius 2 is 1.94 bits per heavy atom. The molecular formula is C10H10IN3O2S. The Morgan fingerprint density at radius 1 is 1.29 bits per heavy atom. The standard InChI is InChI=1S/C10H10IN3O2S/c11-6-3-1-2-4-7(6)14-10(16)9(15)13-5-8(12)17/h1-4H,5H2,(H2,12,17)(H,13,15)(H,14,16). The molecule has 0 unspecified atom stereocenters. The second-order valence-electron chi connectivity index (χ2n) is 3.08. The number of nitrogens with two attached hydrogens (primary N) is 1. The summed E-state index contributed by atoms with van der Waals surface area (Å²) in [4.78, 5) is 22.9. The molecule has 1 aromatic carbocycles. The smallest absolute Gasteiger partial charge is 0.313 e. The minimum atomic E-state index is -0.766. The molecule has 4 N–H and O–H groups in total. The number of rotatable bonds is 3. The molecule has 0 bridgehead atoms. The number of thiocarbonyl (C=S) groups is 1. The first kappa shape index (κ1) is 13.8. The maximum absolute atomic E-state index is 11.5. The highest BCUT2D eigenvalue weighted by atomic mass is 127. The zero-order valence-corrected chi connectivity index (χ0v) is 11.7. The average molecular weight is 363 g/mol. The van der Waals surface area contributed by atoms with Crippen LogP contribution in [0.3, 0.4) is 0 Å². The Hall–Kier alpha value is -1.22. The molecule has 90 valence electrons. The van der Waals surface area contributed by atoms with Gasteiger partial charge in [-0.2, -0.15) is 0 Å². The lowest BCUT2D eigenvalue weighted by atomic mass is 10.3. The Kier molecular flexibility index (Phi) is 5.29. The Bertz CT molecular complexity index is 465. The van der Waals surface area contributed by atoms with Gasteiger partial charge in [0.2, 0.25) is 0 Å². The van der Waals surface area contributed by atoms with Crippen LogP contribution in [0, 0.1) is 3.57 Å². The van der Waals surface area contributed by atoms with Gasteiger partial charge in [0, 0.05) is 3.57 Å². The van der Waals surface area contributed by atoms with Gasteiger partial charge in [0.05, 0.1) is 17.2 Å². The van der Waals surface area contributed by atoms with E-state index >= 15 is 0 Å². The van der Waals surface area contributed by atoms with Crippen molar-refractivity contribution in [2.75, 3.05) is 11.9 Å². The van der Waals surface area contributed by atoms with E-state index in [9.17, 15) is 9.59 Å². The number of anilines is 1. The van der Waals surface area contributed by atoms with Crippen molar-refractivity contribution < 1.29 is 9.59 Å². The summed E-state index contributed by atoms with van der Waals surface area (Å²) in [6.45, 7) is 0.00741. The van der Waals surface area contributed by atoms with Crippen molar-refractivity contribution in [2.45, 2.75) is 0 Å². The van der Waals surface area contributed by atoms with E-state index < -0.39 is 11.8 Å². The molecule has 0 saturated carbocycles. The van der Waals surface area contributed by atoms with Gasteiger partial charge in [-0.1, -0.05) is 24.4 Å². The summed E-state index contributed by atoms with van der Waals surface area (Å²) in [6.07, 6.45) is 0. The first-order valence-corrected chi connectivity index (χ1v) is 6.11. The highest BCUT2D eigenvalue weighted by Crippen LogP contribution is 2.16. The Labute approximate surface area is 117 Å². The van der Waals surface area contributed by atoms with E-state index in [-0.39, 0.29) is 11.5 Å². The summed E-state index contributed by atoms with van der Waals surface area (Å²) in [5.74, 6) is -1.51. The SMILES string of the molecule is NC(=S)CNC(=O)C(=O)Nc1ccccc1I. The second kappa shape index (κ2) is 6.50. The Morgan fingerprint density at radius 3 is 2.53 bits per heavy atom. The summed E-state index contributed by atoms with van der Waals surface area (Å²) >= 11 is 6.64. The van der Waals surface area contributed by atoms with Crippen molar-refractivity contribution in [3.63, 3.8) is 0 Å². The molecule has 0 aliphatic carbocycles. The molecule has 0 aliphatic rings. The number of nitrogens with one attached hydrogen (secondary N) is 2. The van der Waals surface area contributed by atoms with Crippen LogP contribution < -0.4 is 16.4 Å². The van der Waals surface area contributed by atoms with Crippen LogP contribution in [0.4, 0.5) is 5.69 Å². The van der Waals surface area contributed by atoms with Crippen LogP contribution in [0.15, 0.2) is 24.3 Å². The average Bonchev–Trinajstić information content (AvgIpc) is 2.28. The number of halogens is 1. The lowest BCUT2D eigenvalue weighted by Crippen LogP contribution is -2.39. The van der Waals surface area contributed by atoms with Gasteiger partial charge < -0.3 is 16.4 Å². The molecule has 17 heavy (non-hydrogen) atoms. The molecule has 7 heteroatoms. The highest BCUT2D eigenvalue weighted by molar-refractivity contribution is 14.1. The van der Waals surface area contributed by atoms with Crippen molar-refractivity contribution >= 4 is 57.3 Å². The van der Waals surface area contributed by atoms with Gasteiger partial charge in [-0.3, -0.25) is 9.59 Å². The van der Waals surface area contributed by atoms with E-state index in [0.29, 0.717) is 5.69 Å². The van der Waals surface area contributed by atoms with E-state index in [0.717, 1.165) is 3.57 Å². The molecule has 0 heterocycles. The number of carbonyl (C=O) groups is 2. The second-order valence-corrected chi connectivity index (χ2v) is 4.77. The molecule has 0 fully saturated rings. The minimum Gasteiger partial charge on any atom is -0.392 e. The number of carbonyl (C=O) groups excluding carboxylic acids is 2. The molecule has 0 saturated heterocycles. The van der Waals surface area contributed by atoms with Crippen molar-refractivity contribution in [2.24, 2.45) is 5.73 Å². The van der Waals surface area contributed by atoms with Gasteiger partial charge in [-0.25, -0.2) is 0 Å². The van der Waals surface area contributed by atoms with Gasteiger partial charge in [0.25, 0.3) is 0 Å². The van der Waals surface area contributed by atoms with E-state index in [1.165, 1.54) is 0 Å². The molecular weight excluding hydrogens is 353 g/mol. The van der Waals surface area contributed by atoms with Crippen molar-refractivity contribution in [3.8, 4) is 0 Å². The molecule has 1 aromatic rings. The van der Waals surface area contributed by atoms with Crippen LogP contribution in [0.2, 0.25) is 0 Å². The van der Waals surface area contributed by atoms with Crippen LogP contribution >= 0.6 is 34.8 Å². The topological polar surface area (TPSA) is 84.2 Å². The Balaban J connectivity index is 2.58. The minimum absolute atomic E-state index is 0.00741. The maximum Gasteiger partial charge on any atom is 0.313 e. The highest BCUT2D eigenvalue weighted by Gasteiger charge is 2.14. The zero-order valence-electron chi connectivity index (χ0n) is 8.70. The van der Waals surface area contributed by atoms with Gasteiger partial charge in [0.1, 0.15) is 0 Å². The molecule has 1 rings (SSSR count). The third-order valence-electron chi connectivity index (χ3n) is 1.75. The quantitative estimate of drug-likeness (QED) is 0.418. The van der Waals surface area contributed by atoms with Crippen molar-refractivity contribution in [1.29, 1.82) is 0 Å². The fourth-order valence-electron chi connectivity index (χ4n) is 0.989. The van der Waals surface area contributed by atoms with Crippen LogP contribution in [-0.2, 0) is 9.59 Å². The molecule has 0 radical (unpaired) electrons. The lowest BCUT2D eigenvalue weighted by molar-refractivity contribution is -0.135. The molecule has 5 nitrogen and oxygen atoms in total. The number of amides is 2. The number of benzene rings is 1. The summed E-state index contributed by atoms with van der Waals surface area (Å²) < 4.78 is 0.848. The lowest BCUT2D eigenvalue weighted by Gasteiger charge is -2.07. The number of para-hydroxylation sites is 1. The predicted octanol–water partition coefficient (Wildman–Crippen LogP) is 0.632. The largest absolute Gasteiger partial charge is 0.392 e. The third kappa shape index (κ3) is 4.65. The normalized spacial score (nSPS) is 9.47. The van der Waals surface area contributed by atoms with Gasteiger partial charge >= 0.3 is 11.8 Å². The fourth-order valence-corrected chi connectivity index (χ4v) is 1.58. The van der Waals surface area contributed by atoms with Crippen LogP contribution in [0.25, 0.3) is 0 Å². The van der Waals surface area contributed by atoms with E-state index in [2.05, 4.69) is 45.4 Å². The summed E-state index contributed by atoms with van der Waals surface area (Å²) in [5, 5.41) is 4.79. The van der Waals surface area contributed by atoms with Gasteiger partial charge in [-0.05, 0) is 34.7 Å². The molecule has 0 aliphatic heterocycles. The van der Waals surface area contributed by atoms with Crippen LogP contribution in [-0.4, -0.2) is 23.3 Å². The van der Waals surface area contributed by atoms with E-state index in [4.69, 9.17) is 5.73 Å². The van der Waals surface area contributed by atoms with Crippen molar-refractivity contribution in [1.82, 2.24) is 5.32 Å². The first-order chi connectivity index (χ1) is 8.00. The zero-order chi connectivity index (χ0) is 12.8. The maximum atomic E-state index is 11.5. The van der Waals surface area contributed by atoms with Crippen molar-refractivity contribution in [3.05, 3.63) is 27.8 Å². The fraction of sp³-hybridized carbons (Fsp3) is 0.100. The summed E-state index contributed by atoms with van der Waals surface area (Å²) in [5.41, 5.74) is 5.79. The number of hydrogen-bond acceptors (Lipinski definition) is 3.